The first-order chi connectivity index (χ1) is 17.6. The maximum atomic E-state index is 13.0. The Morgan fingerprint density at radius 1 is 1.11 bits per heavy atom. The minimum Gasteiger partial charge on any atom is -0.357 e. The summed E-state index contributed by atoms with van der Waals surface area (Å²) >= 11 is -0.219. The molecular formula is C24H30F3N7OS2. The molecule has 1 aromatic carbocycles. The van der Waals surface area contributed by atoms with E-state index in [9.17, 15) is 17.4 Å². The molecule has 2 atom stereocenters. The summed E-state index contributed by atoms with van der Waals surface area (Å²) in [5.74, 6) is 1.14. The molecule has 3 N–H and O–H groups in total. The molecule has 1 spiro atoms. The molecule has 5 rings (SSSR count). The lowest BCUT2D eigenvalue weighted by Gasteiger charge is -2.25. The topological polar surface area (TPSA) is 85.4 Å². The highest BCUT2D eigenvalue weighted by Crippen LogP contribution is 2.43. The first-order valence-electron chi connectivity index (χ1n) is 12.1. The fourth-order valence-electron chi connectivity index (χ4n) is 5.30. The van der Waals surface area contributed by atoms with Gasteiger partial charge in [-0.25, -0.2) is 13.9 Å². The van der Waals surface area contributed by atoms with Gasteiger partial charge < -0.3 is 10.2 Å². The van der Waals surface area contributed by atoms with Crippen LogP contribution in [0.4, 0.5) is 30.6 Å². The second-order valence-electron chi connectivity index (χ2n) is 9.75. The van der Waals surface area contributed by atoms with E-state index in [0.717, 1.165) is 68.4 Å². The van der Waals surface area contributed by atoms with Crippen LogP contribution in [0.3, 0.4) is 0 Å². The predicted molar refractivity (Wildman–Crippen MR) is 143 cm³/mol. The maximum Gasteiger partial charge on any atom is 0.393 e. The zero-order chi connectivity index (χ0) is 26.2. The Hall–Kier alpha value is -2.48. The molecule has 2 saturated heterocycles. The second kappa shape index (κ2) is 10.4. The second-order valence-corrected chi connectivity index (χ2v) is 12.0. The van der Waals surface area contributed by atoms with Crippen LogP contribution in [-0.2, 0) is 24.1 Å². The van der Waals surface area contributed by atoms with Crippen LogP contribution in [0.1, 0.15) is 23.3 Å². The summed E-state index contributed by atoms with van der Waals surface area (Å²) in [5, 5.41) is 3.65. The normalized spacial score (nSPS) is 21.3. The van der Waals surface area contributed by atoms with E-state index in [1.807, 2.05) is 24.3 Å². The third-order valence-electron chi connectivity index (χ3n) is 7.03. The highest BCUT2D eigenvalue weighted by molar-refractivity contribution is 7.84. The van der Waals surface area contributed by atoms with Crippen molar-refractivity contribution in [1.29, 1.82) is 0 Å². The van der Waals surface area contributed by atoms with Crippen molar-refractivity contribution in [3.63, 3.8) is 0 Å². The monoisotopic (exact) mass is 553 g/mol. The number of rotatable bonds is 8. The minimum atomic E-state index is -4.26. The molecule has 2 unspecified atom stereocenters. The fourth-order valence-corrected chi connectivity index (χ4v) is 6.81. The molecule has 0 radical (unpaired) electrons. The summed E-state index contributed by atoms with van der Waals surface area (Å²) in [4.78, 5) is 14.6. The number of anilines is 3. The first kappa shape index (κ1) is 26.1. The van der Waals surface area contributed by atoms with E-state index in [2.05, 4.69) is 34.5 Å². The number of nitrogens with one attached hydrogen (secondary N) is 3. The Bertz CT molecular complexity index is 1280. The van der Waals surface area contributed by atoms with E-state index < -0.39 is 23.8 Å². The summed E-state index contributed by atoms with van der Waals surface area (Å²) in [7, 11) is 3.35. The minimum absolute atomic E-state index is 0.132. The molecule has 0 aliphatic carbocycles. The van der Waals surface area contributed by atoms with Gasteiger partial charge in [-0.1, -0.05) is 12.1 Å². The van der Waals surface area contributed by atoms with Gasteiger partial charge in [-0.15, -0.1) is 11.3 Å². The smallest absolute Gasteiger partial charge is 0.357 e. The number of fused-ring (bicyclic) bond motifs is 1. The van der Waals surface area contributed by atoms with Crippen molar-refractivity contribution in [2.75, 3.05) is 55.2 Å². The molecule has 3 aromatic rings. The van der Waals surface area contributed by atoms with Gasteiger partial charge in [0, 0.05) is 49.2 Å². The quantitative estimate of drug-likeness (QED) is 0.389. The van der Waals surface area contributed by atoms with Gasteiger partial charge in [0.1, 0.15) is 10.6 Å². The van der Waals surface area contributed by atoms with E-state index in [0.29, 0.717) is 16.2 Å². The molecule has 0 saturated carbocycles. The Labute approximate surface area is 220 Å². The van der Waals surface area contributed by atoms with Crippen molar-refractivity contribution in [3.8, 4) is 0 Å². The average Bonchev–Trinajstić information content (AvgIpc) is 3.57. The maximum absolute atomic E-state index is 13.0. The van der Waals surface area contributed by atoms with Crippen molar-refractivity contribution in [1.82, 2.24) is 19.6 Å². The number of likely N-dealkylation sites (tertiary alicyclic amines) is 1. The molecule has 0 bridgehead atoms. The van der Waals surface area contributed by atoms with E-state index in [-0.39, 0.29) is 10.3 Å². The fraction of sp³-hybridized carbons (Fsp3) is 0.500. The van der Waals surface area contributed by atoms with Crippen LogP contribution in [0.25, 0.3) is 10.2 Å². The number of benzene rings is 1. The van der Waals surface area contributed by atoms with E-state index in [4.69, 9.17) is 0 Å². The lowest BCUT2D eigenvalue weighted by molar-refractivity contribution is -0.126. The molecule has 13 heteroatoms. The van der Waals surface area contributed by atoms with Gasteiger partial charge in [0.05, 0.1) is 11.8 Å². The van der Waals surface area contributed by atoms with Gasteiger partial charge in [-0.05, 0) is 50.2 Å². The Balaban J connectivity index is 1.28. The number of aromatic nitrogens is 2. The van der Waals surface area contributed by atoms with Gasteiger partial charge in [0.15, 0.2) is 11.2 Å². The highest BCUT2D eigenvalue weighted by Gasteiger charge is 2.44. The Morgan fingerprint density at radius 2 is 1.86 bits per heavy atom. The third kappa shape index (κ3) is 6.00. The summed E-state index contributed by atoms with van der Waals surface area (Å²) in [6.45, 7) is 4.43. The van der Waals surface area contributed by atoms with Crippen molar-refractivity contribution in [2.45, 2.75) is 32.0 Å². The number of thiophene rings is 1. The van der Waals surface area contributed by atoms with E-state index in [1.165, 1.54) is 5.56 Å². The van der Waals surface area contributed by atoms with Crippen LogP contribution in [-0.4, -0.2) is 65.5 Å². The van der Waals surface area contributed by atoms with E-state index >= 15 is 0 Å². The van der Waals surface area contributed by atoms with Crippen LogP contribution >= 0.6 is 11.3 Å². The van der Waals surface area contributed by atoms with Crippen molar-refractivity contribution < 1.29 is 17.4 Å². The molecule has 2 aliphatic heterocycles. The first-order valence-corrected chi connectivity index (χ1v) is 14.1. The van der Waals surface area contributed by atoms with Gasteiger partial charge in [-0.2, -0.15) is 18.2 Å². The summed E-state index contributed by atoms with van der Waals surface area (Å²) in [6, 6.07) is 9.57. The summed E-state index contributed by atoms with van der Waals surface area (Å²) in [6.07, 6.45) is -3.12. The summed E-state index contributed by atoms with van der Waals surface area (Å²) in [5.41, 5.74) is 2.12. The SMILES string of the molecule is CNc1nc(N2CCC3(CCN(Cc4ccc(NS(=O)NC)cc4)C3)C2)c2cc(CC(F)(F)F)sc2n1. The molecule has 2 aromatic heterocycles. The molecule has 2 fully saturated rings. The highest BCUT2D eigenvalue weighted by atomic mass is 32.2. The average molecular weight is 554 g/mol. The van der Waals surface area contributed by atoms with Gasteiger partial charge >= 0.3 is 6.18 Å². The van der Waals surface area contributed by atoms with Gasteiger partial charge in [-0.3, -0.25) is 9.62 Å². The standard InChI is InChI=1S/C24H30F3N7OS2/c1-28-22-30-20(19-11-18(12-24(25,26)27)36-21(19)31-22)34-10-8-23(15-34)7-9-33(14-23)13-16-3-5-17(6-4-16)32-37(35)29-2/h3-6,11,29,32H,7-10,12-15H2,1-2H3,(H,28,30,31). The van der Waals surface area contributed by atoms with Crippen molar-refractivity contribution >= 4 is 50.2 Å². The van der Waals surface area contributed by atoms with Gasteiger partial charge in [0.2, 0.25) is 5.95 Å². The van der Waals surface area contributed by atoms with Crippen LogP contribution in [0, 0.1) is 5.41 Å². The third-order valence-corrected chi connectivity index (χ3v) is 8.85. The Kier molecular flexibility index (Phi) is 7.31. The molecule has 4 heterocycles. The van der Waals surface area contributed by atoms with E-state index in [1.54, 1.807) is 20.2 Å². The van der Waals surface area contributed by atoms with Crippen molar-refractivity contribution in [3.05, 3.63) is 40.8 Å². The lowest BCUT2D eigenvalue weighted by Crippen LogP contribution is -2.31. The van der Waals surface area contributed by atoms with Crippen LogP contribution in [0.2, 0.25) is 0 Å². The lowest BCUT2D eigenvalue weighted by atomic mass is 9.86. The molecule has 0 amide bonds. The molecule has 2 aliphatic rings. The number of halogens is 3. The van der Waals surface area contributed by atoms with Crippen LogP contribution < -0.4 is 19.7 Å². The number of hydrogen-bond donors (Lipinski definition) is 3. The van der Waals surface area contributed by atoms with Crippen LogP contribution in [0.15, 0.2) is 30.3 Å². The van der Waals surface area contributed by atoms with Crippen molar-refractivity contribution in [2.24, 2.45) is 5.41 Å². The molecule has 8 nitrogen and oxygen atoms in total. The zero-order valence-electron chi connectivity index (χ0n) is 20.7. The Morgan fingerprint density at radius 3 is 2.57 bits per heavy atom. The zero-order valence-corrected chi connectivity index (χ0v) is 22.3. The number of alkyl halides is 3. The molecule has 200 valence electrons. The number of hydrogen-bond acceptors (Lipinski definition) is 7. The number of nitrogens with zero attached hydrogens (tertiary/aromatic N) is 4. The van der Waals surface area contributed by atoms with Gasteiger partial charge in [0.25, 0.3) is 0 Å². The largest absolute Gasteiger partial charge is 0.393 e. The molecule has 37 heavy (non-hydrogen) atoms. The predicted octanol–water partition coefficient (Wildman–Crippen LogP) is 4.15. The summed E-state index contributed by atoms with van der Waals surface area (Å²) < 4.78 is 56.2. The van der Waals surface area contributed by atoms with Crippen LogP contribution in [0.5, 0.6) is 0 Å². The molecular weight excluding hydrogens is 523 g/mol.